The number of carbonyl (C=O) groups excluding carboxylic acids is 1. The van der Waals surface area contributed by atoms with Gasteiger partial charge in [0.05, 0.1) is 10.9 Å². The van der Waals surface area contributed by atoms with E-state index >= 15 is 0 Å². The fraction of sp³-hybridized carbons (Fsp3) is 0.500. The van der Waals surface area contributed by atoms with E-state index in [1.165, 1.54) is 23.3 Å². The first kappa shape index (κ1) is 19.8. The minimum Gasteiger partial charge on any atom is -0.317 e. The number of anilines is 1. The number of thiazole rings is 1. The highest BCUT2D eigenvalue weighted by atomic mass is 32.1. The zero-order chi connectivity index (χ0) is 20.8. The molecule has 6 rings (SSSR count). The zero-order valence-corrected chi connectivity index (χ0v) is 19.0. The summed E-state index contributed by atoms with van der Waals surface area (Å²) >= 11 is 3.38. The van der Waals surface area contributed by atoms with Crippen molar-refractivity contribution in [3.8, 4) is 10.6 Å². The van der Waals surface area contributed by atoms with E-state index in [0.29, 0.717) is 12.0 Å². The second-order valence-corrected chi connectivity index (χ2v) is 10.8. The molecule has 0 unspecified atom stereocenters. The number of nitrogens with zero attached hydrogens (tertiary/aromatic N) is 3. The highest BCUT2D eigenvalue weighted by molar-refractivity contribution is 7.22. The fourth-order valence-corrected chi connectivity index (χ4v) is 7.43. The second-order valence-electron chi connectivity index (χ2n) is 8.71. The van der Waals surface area contributed by atoms with Gasteiger partial charge in [-0.05, 0) is 44.0 Å². The van der Waals surface area contributed by atoms with E-state index in [1.54, 1.807) is 22.7 Å². The van der Waals surface area contributed by atoms with Crippen LogP contribution in [0.1, 0.15) is 34.0 Å². The monoisotopic (exact) mass is 460 g/mol. The first-order valence-electron chi connectivity index (χ1n) is 11.0. The van der Waals surface area contributed by atoms with E-state index in [-0.39, 0.29) is 10.2 Å². The highest BCUT2D eigenvalue weighted by Crippen LogP contribution is 2.44. The van der Waals surface area contributed by atoms with Crippen molar-refractivity contribution in [3.63, 3.8) is 0 Å². The number of aromatic nitrogens is 2. The smallest absolute Gasteiger partial charge is 0.226 e. The minimum atomic E-state index is 0. The van der Waals surface area contributed by atoms with Crippen molar-refractivity contribution >= 4 is 43.8 Å². The lowest BCUT2D eigenvalue weighted by atomic mass is 9.89. The lowest BCUT2D eigenvalue weighted by molar-refractivity contribution is -0.116. The van der Waals surface area contributed by atoms with Gasteiger partial charge in [-0.2, -0.15) is 0 Å². The van der Waals surface area contributed by atoms with Gasteiger partial charge in [0.2, 0.25) is 5.91 Å². The Morgan fingerprint density at radius 1 is 1.32 bits per heavy atom. The van der Waals surface area contributed by atoms with Crippen LogP contribution < -0.4 is 16.0 Å². The normalized spacial score (nSPS) is 20.1. The van der Waals surface area contributed by atoms with Crippen LogP contribution in [0.25, 0.3) is 20.8 Å². The van der Waals surface area contributed by atoms with Crippen LogP contribution in [0.4, 0.5) is 5.00 Å². The van der Waals surface area contributed by atoms with Crippen molar-refractivity contribution in [1.29, 1.82) is 0 Å². The number of rotatable bonds is 5. The Balaban J connectivity index is 0.00000108. The maximum Gasteiger partial charge on any atom is 0.226 e. The Labute approximate surface area is 193 Å². The van der Waals surface area contributed by atoms with Crippen LogP contribution >= 0.6 is 22.7 Å². The van der Waals surface area contributed by atoms with Crippen molar-refractivity contribution in [3.05, 3.63) is 28.9 Å². The van der Waals surface area contributed by atoms with Crippen LogP contribution in [-0.2, 0) is 17.8 Å². The Morgan fingerprint density at radius 3 is 3.10 bits per heavy atom. The third-order valence-electron chi connectivity index (χ3n) is 6.84. The number of fused-ring (bicyclic) bond motifs is 2. The van der Waals surface area contributed by atoms with Gasteiger partial charge in [-0.25, -0.2) is 4.98 Å². The number of hydrogen-bond donors (Lipinski definition) is 3. The molecule has 3 aliphatic rings. The van der Waals surface area contributed by atoms with Gasteiger partial charge in [-0.15, -0.1) is 22.7 Å². The average Bonchev–Trinajstić information content (AvgIpc) is 3.45. The molecule has 1 spiro atoms. The number of carbonyl (C=O) groups is 1. The maximum atomic E-state index is 13.0. The summed E-state index contributed by atoms with van der Waals surface area (Å²) in [5, 5.41) is 12.1. The molecule has 2 fully saturated rings. The van der Waals surface area contributed by atoms with Crippen LogP contribution in [0.2, 0.25) is 0 Å². The second kappa shape index (κ2) is 7.90. The van der Waals surface area contributed by atoms with Gasteiger partial charge in [-0.1, -0.05) is 0 Å². The van der Waals surface area contributed by atoms with E-state index in [9.17, 15) is 4.79 Å². The van der Waals surface area contributed by atoms with Gasteiger partial charge >= 0.3 is 0 Å². The third-order valence-corrected chi connectivity index (χ3v) is 9.04. The number of pyridine rings is 1. The summed E-state index contributed by atoms with van der Waals surface area (Å²) in [6.07, 6.45) is 7.62. The Kier molecular flexibility index (Phi) is 5.03. The van der Waals surface area contributed by atoms with E-state index in [4.69, 9.17) is 4.98 Å². The molecule has 0 aliphatic carbocycles. The summed E-state index contributed by atoms with van der Waals surface area (Å²) in [4.78, 5) is 25.9. The number of nitrogens with one attached hydrogen (secondary N) is 3. The summed E-state index contributed by atoms with van der Waals surface area (Å²) in [5.74, 6) is 0.102. The molecule has 0 saturated carbocycles. The summed E-state index contributed by atoms with van der Waals surface area (Å²) in [7, 11) is 0. The molecule has 1 amide bonds. The van der Waals surface area contributed by atoms with Gasteiger partial charge in [-0.3, -0.25) is 14.7 Å². The van der Waals surface area contributed by atoms with Crippen LogP contribution in [0.3, 0.4) is 0 Å². The molecule has 2 saturated heterocycles. The summed E-state index contributed by atoms with van der Waals surface area (Å²) < 4.78 is 1.13. The molecule has 3 aliphatic heterocycles. The predicted octanol–water partition coefficient (Wildman–Crippen LogP) is 3.57. The van der Waals surface area contributed by atoms with E-state index in [2.05, 4.69) is 25.8 Å². The lowest BCUT2D eigenvalue weighted by Crippen LogP contribution is -2.66. The largest absolute Gasteiger partial charge is 0.317 e. The summed E-state index contributed by atoms with van der Waals surface area (Å²) in [6.45, 7) is 5.90. The zero-order valence-electron chi connectivity index (χ0n) is 17.4. The SMILES string of the molecule is O=C(CCN1CCCC12CNC2)Nc1sc2c(c1-c1nc3cnccc3s1)CCNC2.[HH].[HH].[HH]. The van der Waals surface area contributed by atoms with Gasteiger partial charge in [0, 0.05) is 59.1 Å². The summed E-state index contributed by atoms with van der Waals surface area (Å²) in [6, 6.07) is 2.01. The van der Waals surface area contributed by atoms with Gasteiger partial charge in [0.25, 0.3) is 0 Å². The van der Waals surface area contributed by atoms with Crippen LogP contribution in [0.5, 0.6) is 0 Å². The molecule has 3 N–H and O–H groups in total. The molecule has 9 heteroatoms. The molecule has 0 radical (unpaired) electrons. The first-order valence-corrected chi connectivity index (χ1v) is 12.7. The maximum absolute atomic E-state index is 13.0. The molecule has 0 aromatic carbocycles. The lowest BCUT2D eigenvalue weighted by Gasteiger charge is -2.46. The molecule has 6 heterocycles. The van der Waals surface area contributed by atoms with Crippen molar-refractivity contribution in [2.75, 3.05) is 38.0 Å². The molecule has 7 nitrogen and oxygen atoms in total. The van der Waals surface area contributed by atoms with E-state index in [0.717, 1.165) is 71.5 Å². The number of hydrogen-bond acceptors (Lipinski definition) is 8. The molecule has 0 atom stereocenters. The standard InChI is InChI=1S/C22H26N6OS2.3H2/c29-18(4-9-28-8-1-5-22(28)12-25-13-22)27-21-19(14-2-6-24-11-17(14)31-21)20-26-15-10-23-7-3-16(15)30-20;;;/h3,7,10,24-25H,1-2,4-6,8-9,11-13H2,(H,27,29);3*1H. The van der Waals surface area contributed by atoms with E-state index in [1.807, 2.05) is 18.5 Å². The molecule has 3 aromatic heterocycles. The number of thiophene rings is 1. The fourth-order valence-electron chi connectivity index (χ4n) is 5.12. The van der Waals surface area contributed by atoms with Crippen molar-refractivity contribution < 1.29 is 9.07 Å². The first-order chi connectivity index (χ1) is 15.2. The Bertz CT molecular complexity index is 1120. The molecular formula is C22H32N6OS2. The molecule has 31 heavy (non-hydrogen) atoms. The van der Waals surface area contributed by atoms with Gasteiger partial charge < -0.3 is 16.0 Å². The number of amides is 1. The van der Waals surface area contributed by atoms with E-state index < -0.39 is 0 Å². The number of likely N-dealkylation sites (tertiary alicyclic amines) is 1. The van der Waals surface area contributed by atoms with Crippen molar-refractivity contribution in [1.82, 2.24) is 25.5 Å². The minimum absolute atomic E-state index is 0. The van der Waals surface area contributed by atoms with Crippen LogP contribution in [0.15, 0.2) is 18.5 Å². The van der Waals surface area contributed by atoms with Crippen LogP contribution in [-0.4, -0.2) is 59.0 Å². The third kappa shape index (κ3) is 3.48. The van der Waals surface area contributed by atoms with Gasteiger partial charge in [0.1, 0.15) is 15.5 Å². The topological polar surface area (TPSA) is 82.2 Å². The van der Waals surface area contributed by atoms with Crippen LogP contribution in [0, 0.1) is 0 Å². The Hall–Kier alpha value is -1.91. The molecule has 3 aromatic rings. The summed E-state index contributed by atoms with van der Waals surface area (Å²) in [5.41, 5.74) is 3.69. The quantitative estimate of drug-likeness (QED) is 0.540. The highest BCUT2D eigenvalue weighted by Gasteiger charge is 2.45. The average molecular weight is 461 g/mol. The molecule has 0 bridgehead atoms. The van der Waals surface area contributed by atoms with Crippen molar-refractivity contribution in [2.45, 2.75) is 37.8 Å². The Morgan fingerprint density at radius 2 is 2.26 bits per heavy atom. The molecule has 168 valence electrons. The van der Waals surface area contributed by atoms with Gasteiger partial charge in [0.15, 0.2) is 0 Å². The predicted molar refractivity (Wildman–Crippen MR) is 132 cm³/mol. The molecular weight excluding hydrogens is 428 g/mol. The van der Waals surface area contributed by atoms with Crippen molar-refractivity contribution in [2.24, 2.45) is 0 Å².